The molecule has 5 atom stereocenters. The fourth-order valence-electron chi connectivity index (χ4n) is 3.95. The first kappa shape index (κ1) is 4.69. The third kappa shape index (κ3) is 0.344. The van der Waals surface area contributed by atoms with E-state index in [1.54, 1.807) is 19.3 Å². The van der Waals surface area contributed by atoms with E-state index in [0.717, 1.165) is 0 Å². The van der Waals surface area contributed by atoms with Gasteiger partial charge >= 0.3 is 0 Å². The first-order valence-electron chi connectivity index (χ1n) is 4.81. The van der Waals surface area contributed by atoms with Crippen LogP contribution in [0.4, 0.5) is 0 Å². The van der Waals surface area contributed by atoms with Crippen LogP contribution in [0.25, 0.3) is 0 Å². The summed E-state index contributed by atoms with van der Waals surface area (Å²) in [5.74, 6) is 8.01. The summed E-state index contributed by atoms with van der Waals surface area (Å²) in [7, 11) is 0. The number of hydrogen-bond acceptors (Lipinski definition) is 0. The van der Waals surface area contributed by atoms with Crippen LogP contribution in [0.5, 0.6) is 0 Å². The number of fused-ring (bicyclic) bond motifs is 1. The Morgan fingerprint density at radius 2 is 1.60 bits per heavy atom. The summed E-state index contributed by atoms with van der Waals surface area (Å²) in [6.07, 6.45) is 6.32. The Hall–Kier alpha value is -0.130. The molecule has 0 aromatic heterocycles. The Balaban J connectivity index is 1.85. The third-order valence-electron chi connectivity index (χ3n) is 4.50. The highest BCUT2D eigenvalue weighted by Gasteiger charge is 2.74. The fraction of sp³-hybridized carbons (Fsp3) is 0.900. The maximum Gasteiger partial charge on any atom is 0.104 e. The van der Waals surface area contributed by atoms with E-state index in [-0.39, 0.29) is 0 Å². The second-order valence-electron chi connectivity index (χ2n) is 4.79. The molecule has 0 N–H and O–H groups in total. The quantitative estimate of drug-likeness (QED) is 0.445. The zero-order valence-electron chi connectivity index (χ0n) is 6.22. The highest BCUT2D eigenvalue weighted by molar-refractivity contribution is 5.28. The molecule has 0 aromatic carbocycles. The second kappa shape index (κ2) is 1.15. The molecule has 52 valence electrons. The molecule has 0 saturated heterocycles. The normalized spacial score (nSPS) is 67.2. The van der Waals surface area contributed by atoms with Crippen molar-refractivity contribution in [3.8, 4) is 0 Å². The van der Waals surface area contributed by atoms with Crippen molar-refractivity contribution < 1.29 is 0 Å². The summed E-state index contributed by atoms with van der Waals surface area (Å²) >= 11 is 0. The maximum atomic E-state index is 2.03. The van der Waals surface area contributed by atoms with Gasteiger partial charge in [0.1, 0.15) is 11.8 Å². The van der Waals surface area contributed by atoms with E-state index in [1.165, 1.54) is 36.0 Å². The molecule has 5 saturated carbocycles. The van der Waals surface area contributed by atoms with Crippen LogP contribution in [0, 0.1) is 35.5 Å². The lowest BCUT2D eigenvalue weighted by Crippen LogP contribution is -2.26. The van der Waals surface area contributed by atoms with Crippen molar-refractivity contribution in [3.63, 3.8) is 0 Å². The number of hydrogen-bond donors (Lipinski definition) is 0. The number of rotatable bonds is 0. The summed E-state index contributed by atoms with van der Waals surface area (Å²) in [4.78, 5) is 0. The molecular formula is C10H13+. The lowest BCUT2D eigenvalue weighted by Gasteiger charge is -2.26. The van der Waals surface area contributed by atoms with Gasteiger partial charge in [0, 0.05) is 11.8 Å². The molecule has 0 heteroatoms. The molecule has 0 spiro atoms. The van der Waals surface area contributed by atoms with Crippen LogP contribution in [0.2, 0.25) is 0 Å². The Kier molecular flexibility index (Phi) is 0.538. The summed E-state index contributed by atoms with van der Waals surface area (Å²) < 4.78 is 0. The molecule has 0 heterocycles. The molecule has 0 aliphatic heterocycles. The van der Waals surface area contributed by atoms with Gasteiger partial charge in [0.15, 0.2) is 0 Å². The van der Waals surface area contributed by atoms with E-state index >= 15 is 0 Å². The highest BCUT2D eigenvalue weighted by atomic mass is 14.7. The van der Waals surface area contributed by atoms with E-state index < -0.39 is 0 Å². The Labute approximate surface area is 62.0 Å². The summed E-state index contributed by atoms with van der Waals surface area (Å²) in [5, 5.41) is 0. The molecule has 0 aromatic rings. The Morgan fingerprint density at radius 1 is 0.900 bits per heavy atom. The topological polar surface area (TPSA) is 0 Å². The first-order chi connectivity index (χ1) is 4.95. The van der Waals surface area contributed by atoms with Crippen molar-refractivity contribution in [3.05, 3.63) is 5.92 Å². The fourth-order valence-corrected chi connectivity index (χ4v) is 3.95. The standard InChI is InChI=1S/C10H13/c1-2-6-9-3-7(9)5(1)8-4-10(6)8/h5,7-10H,1-4H2/q+1/t5?,7-,8+,9+,10-. The molecule has 5 fully saturated rings. The molecular weight excluding hydrogens is 120 g/mol. The molecule has 5 aliphatic rings. The summed E-state index contributed by atoms with van der Waals surface area (Å²) in [6, 6.07) is 0. The third-order valence-corrected chi connectivity index (χ3v) is 4.50. The van der Waals surface area contributed by atoms with Crippen LogP contribution in [0.3, 0.4) is 0 Å². The lowest BCUT2D eigenvalue weighted by atomic mass is 9.71. The zero-order chi connectivity index (χ0) is 6.29. The smallest absolute Gasteiger partial charge is 0.0226 e. The van der Waals surface area contributed by atoms with Crippen LogP contribution in [0.15, 0.2) is 0 Å². The first-order valence-corrected chi connectivity index (χ1v) is 4.81. The van der Waals surface area contributed by atoms with E-state index in [0.29, 0.717) is 0 Å². The average molecular weight is 133 g/mol. The SMILES string of the molecule is C1CC2[C@H]3C[C@H]3[C+]1[C@H]1C[C@@H]21. The molecule has 2 bridgehead atoms. The van der Waals surface area contributed by atoms with E-state index in [4.69, 9.17) is 0 Å². The van der Waals surface area contributed by atoms with E-state index in [2.05, 4.69) is 0 Å². The summed E-state index contributed by atoms with van der Waals surface area (Å²) in [5.41, 5.74) is 0. The Bertz CT molecular complexity index is 158. The van der Waals surface area contributed by atoms with Crippen molar-refractivity contribution in [2.45, 2.75) is 25.7 Å². The molecule has 10 heavy (non-hydrogen) atoms. The maximum absolute atomic E-state index is 2.03. The van der Waals surface area contributed by atoms with Crippen molar-refractivity contribution in [2.24, 2.45) is 29.6 Å². The van der Waals surface area contributed by atoms with Gasteiger partial charge in [-0.2, -0.15) is 0 Å². The minimum atomic E-state index is 1.17. The molecule has 1 unspecified atom stereocenters. The van der Waals surface area contributed by atoms with Gasteiger partial charge in [-0.25, -0.2) is 0 Å². The second-order valence-corrected chi connectivity index (χ2v) is 4.79. The summed E-state index contributed by atoms with van der Waals surface area (Å²) in [6.45, 7) is 0. The van der Waals surface area contributed by atoms with Gasteiger partial charge in [-0.1, -0.05) is 0 Å². The molecule has 5 rings (SSSR count). The van der Waals surface area contributed by atoms with E-state index in [9.17, 15) is 0 Å². The highest BCUT2D eigenvalue weighted by Crippen LogP contribution is 2.74. The van der Waals surface area contributed by atoms with Gasteiger partial charge in [-0.05, 0) is 25.2 Å². The largest absolute Gasteiger partial charge is 0.104 e. The van der Waals surface area contributed by atoms with Crippen molar-refractivity contribution in [1.29, 1.82) is 0 Å². The van der Waals surface area contributed by atoms with Gasteiger partial charge in [-0.3, -0.25) is 0 Å². The van der Waals surface area contributed by atoms with Crippen LogP contribution in [-0.2, 0) is 0 Å². The minimum Gasteiger partial charge on any atom is -0.0226 e. The van der Waals surface area contributed by atoms with Crippen molar-refractivity contribution >= 4 is 0 Å². The van der Waals surface area contributed by atoms with Crippen LogP contribution in [-0.4, -0.2) is 0 Å². The van der Waals surface area contributed by atoms with Gasteiger partial charge in [0.05, 0.1) is 12.3 Å². The van der Waals surface area contributed by atoms with Crippen molar-refractivity contribution in [1.82, 2.24) is 0 Å². The molecule has 0 amide bonds. The van der Waals surface area contributed by atoms with Gasteiger partial charge in [0.2, 0.25) is 0 Å². The van der Waals surface area contributed by atoms with Gasteiger partial charge < -0.3 is 0 Å². The van der Waals surface area contributed by atoms with E-state index in [1.807, 2.05) is 5.92 Å². The van der Waals surface area contributed by atoms with Gasteiger partial charge in [0.25, 0.3) is 0 Å². The Morgan fingerprint density at radius 3 is 2.20 bits per heavy atom. The molecule has 5 aliphatic carbocycles. The predicted octanol–water partition coefficient (Wildman–Crippen LogP) is 2.26. The molecule has 0 radical (unpaired) electrons. The van der Waals surface area contributed by atoms with Crippen LogP contribution < -0.4 is 0 Å². The minimum absolute atomic E-state index is 1.17. The lowest BCUT2D eigenvalue weighted by molar-refractivity contribution is 0.246. The van der Waals surface area contributed by atoms with Crippen molar-refractivity contribution in [2.75, 3.05) is 0 Å². The predicted molar refractivity (Wildman–Crippen MR) is 39.2 cm³/mol. The monoisotopic (exact) mass is 133 g/mol. The van der Waals surface area contributed by atoms with Gasteiger partial charge in [-0.15, -0.1) is 0 Å². The zero-order valence-corrected chi connectivity index (χ0v) is 6.22. The van der Waals surface area contributed by atoms with Crippen LogP contribution in [0.1, 0.15) is 25.7 Å². The van der Waals surface area contributed by atoms with Crippen LogP contribution >= 0.6 is 0 Å². The average Bonchev–Trinajstić information content (AvgIpc) is 2.83. The molecule has 0 nitrogen and oxygen atoms in total.